The molecule has 1 fully saturated rings. The standard InChI is InChI=1S/C18H29N3O3S/c1-3-21(13-12-20-10-6-4-5-7-11-20)18(22)17-14-16(25(19,23)24)9-8-15(17)2/h8-9,14H,3-7,10-13H2,1-2H3,(H2,19,23,24). The second-order valence-corrected chi connectivity index (χ2v) is 8.22. The summed E-state index contributed by atoms with van der Waals surface area (Å²) in [5.74, 6) is -0.139. The lowest BCUT2D eigenvalue weighted by molar-refractivity contribution is 0.0744. The van der Waals surface area contributed by atoms with Gasteiger partial charge in [0.1, 0.15) is 0 Å². The molecule has 2 N–H and O–H groups in total. The number of rotatable bonds is 6. The molecule has 0 saturated carbocycles. The van der Waals surface area contributed by atoms with E-state index in [1.165, 1.54) is 37.8 Å². The normalized spacial score (nSPS) is 16.4. The van der Waals surface area contributed by atoms with Crippen LogP contribution in [0.5, 0.6) is 0 Å². The minimum atomic E-state index is -3.82. The number of carbonyl (C=O) groups excluding carboxylic acids is 1. The van der Waals surface area contributed by atoms with Crippen LogP contribution >= 0.6 is 0 Å². The highest BCUT2D eigenvalue weighted by Gasteiger charge is 2.20. The highest BCUT2D eigenvalue weighted by atomic mass is 32.2. The molecule has 1 saturated heterocycles. The number of hydrogen-bond donors (Lipinski definition) is 1. The molecule has 0 aromatic heterocycles. The molecule has 140 valence electrons. The molecule has 0 spiro atoms. The maximum Gasteiger partial charge on any atom is 0.254 e. The molecule has 0 bridgehead atoms. The van der Waals surface area contributed by atoms with Crippen LogP contribution in [-0.2, 0) is 10.0 Å². The quantitative estimate of drug-likeness (QED) is 0.833. The van der Waals surface area contributed by atoms with E-state index in [1.807, 2.05) is 13.8 Å². The number of sulfonamides is 1. The van der Waals surface area contributed by atoms with Crippen molar-refractivity contribution in [2.45, 2.75) is 44.4 Å². The lowest BCUT2D eigenvalue weighted by Crippen LogP contribution is -2.39. The molecule has 25 heavy (non-hydrogen) atoms. The SMILES string of the molecule is CCN(CCN1CCCCCC1)C(=O)c1cc(S(N)(=O)=O)ccc1C. The molecular weight excluding hydrogens is 338 g/mol. The molecule has 1 aliphatic rings. The van der Waals surface area contributed by atoms with Gasteiger partial charge in [-0.2, -0.15) is 0 Å². The van der Waals surface area contributed by atoms with Crippen molar-refractivity contribution >= 4 is 15.9 Å². The van der Waals surface area contributed by atoms with E-state index in [-0.39, 0.29) is 10.8 Å². The van der Waals surface area contributed by atoms with Crippen LogP contribution in [0.2, 0.25) is 0 Å². The molecule has 6 nitrogen and oxygen atoms in total. The molecule has 1 amide bonds. The number of likely N-dealkylation sites (tertiary alicyclic amines) is 1. The highest BCUT2D eigenvalue weighted by Crippen LogP contribution is 2.17. The maximum atomic E-state index is 12.9. The first-order valence-electron chi connectivity index (χ1n) is 8.98. The van der Waals surface area contributed by atoms with E-state index in [2.05, 4.69) is 4.90 Å². The molecule has 0 unspecified atom stereocenters. The number of primary sulfonamides is 1. The van der Waals surface area contributed by atoms with Crippen molar-refractivity contribution in [3.05, 3.63) is 29.3 Å². The average molecular weight is 368 g/mol. The van der Waals surface area contributed by atoms with Crippen LogP contribution in [0.4, 0.5) is 0 Å². The second-order valence-electron chi connectivity index (χ2n) is 6.66. The predicted molar refractivity (Wildman–Crippen MR) is 99.0 cm³/mol. The van der Waals surface area contributed by atoms with Crippen LogP contribution in [-0.4, -0.2) is 56.8 Å². The molecule has 0 atom stereocenters. The maximum absolute atomic E-state index is 12.9. The Bertz CT molecular complexity index is 696. The van der Waals surface area contributed by atoms with Crippen molar-refractivity contribution in [2.75, 3.05) is 32.7 Å². The van der Waals surface area contributed by atoms with Gasteiger partial charge in [0.25, 0.3) is 5.91 Å². The van der Waals surface area contributed by atoms with Crippen LogP contribution in [0.3, 0.4) is 0 Å². The number of nitrogens with two attached hydrogens (primary N) is 1. The van der Waals surface area contributed by atoms with Crippen LogP contribution in [0, 0.1) is 6.92 Å². The number of carbonyl (C=O) groups is 1. The first-order chi connectivity index (χ1) is 11.8. The molecule has 0 radical (unpaired) electrons. The van der Waals surface area contributed by atoms with Crippen molar-refractivity contribution in [1.82, 2.24) is 9.80 Å². The van der Waals surface area contributed by atoms with Crippen LogP contribution in [0.1, 0.15) is 48.5 Å². The van der Waals surface area contributed by atoms with Gasteiger partial charge in [0, 0.05) is 25.2 Å². The molecule has 1 aliphatic heterocycles. The third-order valence-electron chi connectivity index (χ3n) is 4.82. The van der Waals surface area contributed by atoms with Crippen LogP contribution < -0.4 is 5.14 Å². The fourth-order valence-corrected chi connectivity index (χ4v) is 3.74. The van der Waals surface area contributed by atoms with Gasteiger partial charge in [0.2, 0.25) is 10.0 Å². The zero-order chi connectivity index (χ0) is 18.4. The van der Waals surface area contributed by atoms with Gasteiger partial charge >= 0.3 is 0 Å². The van der Waals surface area contributed by atoms with E-state index < -0.39 is 10.0 Å². The summed E-state index contributed by atoms with van der Waals surface area (Å²) in [7, 11) is -3.82. The molecule has 1 aromatic rings. The Kier molecular flexibility index (Phi) is 6.98. The van der Waals surface area contributed by atoms with E-state index in [0.717, 1.165) is 25.2 Å². The van der Waals surface area contributed by atoms with E-state index in [4.69, 9.17) is 5.14 Å². The highest BCUT2D eigenvalue weighted by molar-refractivity contribution is 7.89. The Hall–Kier alpha value is -1.44. The number of amides is 1. The van der Waals surface area contributed by atoms with Gasteiger partial charge in [-0.1, -0.05) is 18.9 Å². The summed E-state index contributed by atoms with van der Waals surface area (Å²) in [6.07, 6.45) is 5.00. The van der Waals surface area contributed by atoms with Gasteiger partial charge in [-0.3, -0.25) is 4.79 Å². The van der Waals surface area contributed by atoms with Crippen molar-refractivity contribution in [2.24, 2.45) is 5.14 Å². The summed E-state index contributed by atoms with van der Waals surface area (Å²) in [4.78, 5) is 17.1. The van der Waals surface area contributed by atoms with E-state index in [0.29, 0.717) is 18.7 Å². The lowest BCUT2D eigenvalue weighted by atomic mass is 10.1. The Morgan fingerprint density at radius 2 is 1.84 bits per heavy atom. The third-order valence-corrected chi connectivity index (χ3v) is 5.73. The fraction of sp³-hybridized carbons (Fsp3) is 0.611. The number of aryl methyl sites for hydroxylation is 1. The number of likely N-dealkylation sites (N-methyl/N-ethyl adjacent to an activating group) is 1. The van der Waals surface area contributed by atoms with Crippen molar-refractivity contribution in [1.29, 1.82) is 0 Å². The number of nitrogens with zero attached hydrogens (tertiary/aromatic N) is 2. The average Bonchev–Trinajstić information content (AvgIpc) is 2.83. The summed E-state index contributed by atoms with van der Waals surface area (Å²) in [6.45, 7) is 8.02. The largest absolute Gasteiger partial charge is 0.338 e. The summed E-state index contributed by atoms with van der Waals surface area (Å²) >= 11 is 0. The summed E-state index contributed by atoms with van der Waals surface area (Å²) in [5.41, 5.74) is 1.16. The minimum absolute atomic E-state index is 0.0231. The fourth-order valence-electron chi connectivity index (χ4n) is 3.20. The van der Waals surface area contributed by atoms with E-state index in [1.54, 1.807) is 11.0 Å². The predicted octanol–water partition coefficient (Wildman–Crippen LogP) is 1.98. The Balaban J connectivity index is 2.10. The molecule has 7 heteroatoms. The minimum Gasteiger partial charge on any atom is -0.338 e. The van der Waals surface area contributed by atoms with E-state index >= 15 is 0 Å². The first kappa shape index (κ1) is 19.9. The van der Waals surface area contributed by atoms with Gasteiger partial charge in [0.15, 0.2) is 0 Å². The summed E-state index contributed by atoms with van der Waals surface area (Å²) in [5, 5.41) is 5.20. The molecular formula is C18H29N3O3S. The summed E-state index contributed by atoms with van der Waals surface area (Å²) in [6, 6.07) is 4.46. The van der Waals surface area contributed by atoms with Crippen molar-refractivity contribution < 1.29 is 13.2 Å². The van der Waals surface area contributed by atoms with Crippen molar-refractivity contribution in [3.63, 3.8) is 0 Å². The van der Waals surface area contributed by atoms with Gasteiger partial charge < -0.3 is 9.80 Å². The molecule has 1 heterocycles. The Labute approximate surface area is 151 Å². The number of hydrogen-bond acceptors (Lipinski definition) is 4. The summed E-state index contributed by atoms with van der Waals surface area (Å²) < 4.78 is 23.1. The Morgan fingerprint density at radius 1 is 1.20 bits per heavy atom. The molecule has 2 rings (SSSR count). The lowest BCUT2D eigenvalue weighted by Gasteiger charge is -2.26. The number of benzene rings is 1. The van der Waals surface area contributed by atoms with Gasteiger partial charge in [-0.05, 0) is 57.5 Å². The second kappa shape index (κ2) is 8.78. The zero-order valence-electron chi connectivity index (χ0n) is 15.2. The monoisotopic (exact) mass is 367 g/mol. The first-order valence-corrected chi connectivity index (χ1v) is 10.5. The van der Waals surface area contributed by atoms with Gasteiger partial charge in [0.05, 0.1) is 4.90 Å². The molecule has 1 aromatic carbocycles. The molecule has 0 aliphatic carbocycles. The van der Waals surface area contributed by atoms with Gasteiger partial charge in [-0.25, -0.2) is 13.6 Å². The smallest absolute Gasteiger partial charge is 0.254 e. The van der Waals surface area contributed by atoms with Gasteiger partial charge in [-0.15, -0.1) is 0 Å². The Morgan fingerprint density at radius 3 is 2.40 bits per heavy atom. The van der Waals surface area contributed by atoms with Crippen molar-refractivity contribution in [3.8, 4) is 0 Å². The zero-order valence-corrected chi connectivity index (χ0v) is 16.0. The van der Waals surface area contributed by atoms with E-state index in [9.17, 15) is 13.2 Å². The topological polar surface area (TPSA) is 83.7 Å². The van der Waals surface area contributed by atoms with Crippen LogP contribution in [0.25, 0.3) is 0 Å². The third kappa shape index (κ3) is 5.52. The van der Waals surface area contributed by atoms with Crippen LogP contribution in [0.15, 0.2) is 23.1 Å².